The van der Waals surface area contributed by atoms with Crippen LogP contribution in [-0.4, -0.2) is 16.8 Å². The first-order valence-electron chi connectivity index (χ1n) is 5.59. The van der Waals surface area contributed by atoms with Gasteiger partial charge in [0.05, 0.1) is 11.4 Å². The van der Waals surface area contributed by atoms with Gasteiger partial charge in [-0.1, -0.05) is 17.7 Å². The Morgan fingerprint density at radius 3 is 2.76 bits per heavy atom. The van der Waals surface area contributed by atoms with Gasteiger partial charge in [0.1, 0.15) is 0 Å². The number of hydrogen-bond acceptors (Lipinski definition) is 2. The van der Waals surface area contributed by atoms with Crippen LogP contribution in [0.5, 0.6) is 0 Å². The summed E-state index contributed by atoms with van der Waals surface area (Å²) in [5.74, 6) is 0. The van der Waals surface area contributed by atoms with Crippen LogP contribution in [0, 0.1) is 13.8 Å². The van der Waals surface area contributed by atoms with Crippen LogP contribution in [-0.2, 0) is 6.54 Å². The Morgan fingerprint density at radius 2 is 2.12 bits per heavy atom. The molecule has 0 unspecified atom stereocenters. The van der Waals surface area contributed by atoms with Crippen molar-refractivity contribution in [3.63, 3.8) is 0 Å². The van der Waals surface area contributed by atoms with Gasteiger partial charge in [0.2, 0.25) is 0 Å². The molecule has 0 spiro atoms. The first kappa shape index (κ1) is 12.1. The van der Waals surface area contributed by atoms with E-state index in [1.807, 2.05) is 42.9 Å². The summed E-state index contributed by atoms with van der Waals surface area (Å²) >= 11 is 6.00. The standard InChI is InChI=1S/C13H16ClN3/c1-9-13(8-15-3)10(2)17(16-9)12-6-4-5-11(14)7-12/h4-7,15H,8H2,1-3H3. The molecule has 0 amide bonds. The molecule has 4 heteroatoms. The maximum Gasteiger partial charge on any atom is 0.0663 e. The fourth-order valence-electron chi connectivity index (χ4n) is 1.97. The van der Waals surface area contributed by atoms with E-state index in [9.17, 15) is 0 Å². The van der Waals surface area contributed by atoms with E-state index in [0.717, 1.165) is 28.6 Å². The SMILES string of the molecule is CNCc1c(C)nn(-c2cccc(Cl)c2)c1C. The average molecular weight is 250 g/mol. The molecule has 0 aliphatic heterocycles. The minimum atomic E-state index is 0.727. The Labute approximate surface area is 106 Å². The van der Waals surface area contributed by atoms with E-state index in [-0.39, 0.29) is 0 Å². The maximum absolute atomic E-state index is 6.00. The highest BCUT2D eigenvalue weighted by Gasteiger charge is 2.11. The van der Waals surface area contributed by atoms with Crippen LogP contribution in [0.2, 0.25) is 5.02 Å². The molecule has 1 aromatic carbocycles. The summed E-state index contributed by atoms with van der Waals surface area (Å²) in [6.07, 6.45) is 0. The minimum Gasteiger partial charge on any atom is -0.316 e. The number of nitrogens with zero attached hydrogens (tertiary/aromatic N) is 2. The van der Waals surface area contributed by atoms with Crippen LogP contribution in [0.4, 0.5) is 0 Å². The lowest BCUT2D eigenvalue weighted by Gasteiger charge is -2.05. The zero-order valence-corrected chi connectivity index (χ0v) is 11.0. The Bertz CT molecular complexity index is 531. The smallest absolute Gasteiger partial charge is 0.0663 e. The molecule has 2 rings (SSSR count). The largest absolute Gasteiger partial charge is 0.316 e. The molecule has 1 heterocycles. The summed E-state index contributed by atoms with van der Waals surface area (Å²) in [4.78, 5) is 0. The zero-order valence-electron chi connectivity index (χ0n) is 10.3. The number of halogens is 1. The predicted molar refractivity (Wildman–Crippen MR) is 70.8 cm³/mol. The third-order valence-electron chi connectivity index (χ3n) is 2.85. The van der Waals surface area contributed by atoms with Crippen LogP contribution in [0.3, 0.4) is 0 Å². The zero-order chi connectivity index (χ0) is 12.4. The Balaban J connectivity index is 2.50. The maximum atomic E-state index is 6.00. The third kappa shape index (κ3) is 2.35. The van der Waals surface area contributed by atoms with Gasteiger partial charge >= 0.3 is 0 Å². The van der Waals surface area contributed by atoms with Crippen LogP contribution in [0.15, 0.2) is 24.3 Å². The van der Waals surface area contributed by atoms with E-state index in [2.05, 4.69) is 17.3 Å². The summed E-state index contributed by atoms with van der Waals surface area (Å²) in [5.41, 5.74) is 4.45. The fraction of sp³-hybridized carbons (Fsp3) is 0.308. The molecule has 0 atom stereocenters. The lowest BCUT2D eigenvalue weighted by Crippen LogP contribution is -2.07. The number of benzene rings is 1. The van der Waals surface area contributed by atoms with Gasteiger partial charge in [-0.25, -0.2) is 4.68 Å². The average Bonchev–Trinajstić information content (AvgIpc) is 2.57. The molecule has 3 nitrogen and oxygen atoms in total. The van der Waals surface area contributed by atoms with E-state index in [1.54, 1.807) is 0 Å². The number of aryl methyl sites for hydroxylation is 1. The third-order valence-corrected chi connectivity index (χ3v) is 3.08. The van der Waals surface area contributed by atoms with E-state index in [0.29, 0.717) is 0 Å². The predicted octanol–water partition coefficient (Wildman–Crippen LogP) is 2.86. The summed E-state index contributed by atoms with van der Waals surface area (Å²) in [7, 11) is 1.94. The van der Waals surface area contributed by atoms with Gasteiger partial charge in [0.25, 0.3) is 0 Å². The van der Waals surface area contributed by atoms with Gasteiger partial charge in [-0.05, 0) is 39.1 Å². The monoisotopic (exact) mass is 249 g/mol. The van der Waals surface area contributed by atoms with Gasteiger partial charge in [-0.3, -0.25) is 0 Å². The Morgan fingerprint density at radius 1 is 1.35 bits per heavy atom. The van der Waals surface area contributed by atoms with E-state index >= 15 is 0 Å². The van der Waals surface area contributed by atoms with E-state index in [1.165, 1.54) is 5.56 Å². The molecule has 0 bridgehead atoms. The van der Waals surface area contributed by atoms with Crippen molar-refractivity contribution in [2.75, 3.05) is 7.05 Å². The molecule has 90 valence electrons. The van der Waals surface area contributed by atoms with Crippen LogP contribution >= 0.6 is 11.6 Å². The highest BCUT2D eigenvalue weighted by molar-refractivity contribution is 6.30. The van der Waals surface area contributed by atoms with Crippen molar-refractivity contribution in [3.05, 3.63) is 46.2 Å². The number of nitrogens with one attached hydrogen (secondary N) is 1. The lowest BCUT2D eigenvalue weighted by molar-refractivity contribution is 0.801. The second kappa shape index (κ2) is 4.90. The molecule has 17 heavy (non-hydrogen) atoms. The second-order valence-electron chi connectivity index (χ2n) is 4.07. The van der Waals surface area contributed by atoms with Crippen molar-refractivity contribution in [2.45, 2.75) is 20.4 Å². The Kier molecular flexibility index (Phi) is 3.50. The molecule has 0 radical (unpaired) electrons. The minimum absolute atomic E-state index is 0.727. The topological polar surface area (TPSA) is 29.9 Å². The number of rotatable bonds is 3. The molecular weight excluding hydrogens is 234 g/mol. The van der Waals surface area contributed by atoms with Crippen LogP contribution < -0.4 is 5.32 Å². The molecule has 1 aromatic heterocycles. The molecular formula is C13H16ClN3. The lowest BCUT2D eigenvalue weighted by atomic mass is 10.2. The van der Waals surface area contributed by atoms with E-state index < -0.39 is 0 Å². The summed E-state index contributed by atoms with van der Waals surface area (Å²) in [5, 5.41) is 8.45. The normalized spacial score (nSPS) is 10.8. The van der Waals surface area contributed by atoms with Crippen molar-refractivity contribution in [2.24, 2.45) is 0 Å². The first-order chi connectivity index (χ1) is 8.13. The number of aromatic nitrogens is 2. The van der Waals surface area contributed by atoms with Gasteiger partial charge < -0.3 is 5.32 Å². The van der Waals surface area contributed by atoms with Gasteiger partial charge in [-0.15, -0.1) is 0 Å². The molecule has 0 saturated carbocycles. The molecule has 0 aliphatic carbocycles. The van der Waals surface area contributed by atoms with E-state index in [4.69, 9.17) is 11.6 Å². The first-order valence-corrected chi connectivity index (χ1v) is 5.97. The quantitative estimate of drug-likeness (QED) is 0.907. The summed E-state index contributed by atoms with van der Waals surface area (Å²) < 4.78 is 1.94. The molecule has 1 N–H and O–H groups in total. The van der Waals surface area contributed by atoms with Crippen LogP contribution in [0.1, 0.15) is 17.0 Å². The van der Waals surface area contributed by atoms with Gasteiger partial charge in [0, 0.05) is 22.8 Å². The summed E-state index contributed by atoms with van der Waals surface area (Å²) in [6.45, 7) is 4.94. The van der Waals surface area contributed by atoms with Gasteiger partial charge in [-0.2, -0.15) is 5.10 Å². The highest BCUT2D eigenvalue weighted by Crippen LogP contribution is 2.20. The molecule has 2 aromatic rings. The molecule has 0 fully saturated rings. The van der Waals surface area contributed by atoms with Crippen molar-refractivity contribution in [3.8, 4) is 5.69 Å². The van der Waals surface area contributed by atoms with Crippen LogP contribution in [0.25, 0.3) is 5.69 Å². The van der Waals surface area contributed by atoms with Crippen molar-refractivity contribution < 1.29 is 0 Å². The van der Waals surface area contributed by atoms with Gasteiger partial charge in [0.15, 0.2) is 0 Å². The highest BCUT2D eigenvalue weighted by atomic mass is 35.5. The Hall–Kier alpha value is -1.32. The number of hydrogen-bond donors (Lipinski definition) is 1. The fourth-order valence-corrected chi connectivity index (χ4v) is 2.15. The summed E-state index contributed by atoms with van der Waals surface area (Å²) in [6, 6.07) is 7.73. The second-order valence-corrected chi connectivity index (χ2v) is 4.51. The molecule has 0 saturated heterocycles. The van der Waals surface area contributed by atoms with Crippen molar-refractivity contribution >= 4 is 11.6 Å². The van der Waals surface area contributed by atoms with Crippen molar-refractivity contribution in [1.82, 2.24) is 15.1 Å². The van der Waals surface area contributed by atoms with Crippen molar-refractivity contribution in [1.29, 1.82) is 0 Å². The molecule has 0 aliphatic rings.